The van der Waals surface area contributed by atoms with Gasteiger partial charge in [0.05, 0.1) is 29.0 Å². The molecule has 3 aromatic carbocycles. The minimum absolute atomic E-state index is 0.998. The smallest absolute Gasteiger partial charge is 0.0669 e. The summed E-state index contributed by atoms with van der Waals surface area (Å²) in [6.45, 7) is 6.20. The van der Waals surface area contributed by atoms with Crippen molar-refractivity contribution in [2.75, 3.05) is 4.90 Å². The van der Waals surface area contributed by atoms with Crippen LogP contribution in [0.3, 0.4) is 0 Å². The lowest BCUT2D eigenvalue weighted by Gasteiger charge is -2.28. The Kier molecular flexibility index (Phi) is 4.84. The molecule has 5 aromatic rings. The molecule has 5 heteroatoms. The highest BCUT2D eigenvalue weighted by Crippen LogP contribution is 2.42. The Morgan fingerprint density at radius 2 is 1.50 bits per heavy atom. The van der Waals surface area contributed by atoms with Crippen LogP contribution in [-0.4, -0.2) is 19.6 Å². The lowest BCUT2D eigenvalue weighted by Crippen LogP contribution is -2.13. The first-order valence-electron chi connectivity index (χ1n) is 11.7. The van der Waals surface area contributed by atoms with E-state index in [9.17, 15) is 0 Å². The van der Waals surface area contributed by atoms with Gasteiger partial charge in [0.25, 0.3) is 0 Å². The zero-order valence-corrected chi connectivity index (χ0v) is 19.7. The van der Waals surface area contributed by atoms with E-state index in [1.807, 2.05) is 22.5 Å². The summed E-state index contributed by atoms with van der Waals surface area (Å²) in [7, 11) is 0. The molecule has 0 bridgehead atoms. The Morgan fingerprint density at radius 3 is 2.26 bits per heavy atom. The summed E-state index contributed by atoms with van der Waals surface area (Å²) in [5.41, 5.74) is 11.6. The number of rotatable bonds is 3. The second kappa shape index (κ2) is 8.03. The van der Waals surface area contributed by atoms with Crippen LogP contribution < -0.4 is 4.90 Å². The molecule has 1 aliphatic rings. The van der Waals surface area contributed by atoms with Crippen molar-refractivity contribution in [1.29, 1.82) is 0 Å². The third kappa shape index (κ3) is 3.50. The molecule has 0 N–H and O–H groups in total. The molecular weight excluding hydrogens is 418 g/mol. The van der Waals surface area contributed by atoms with E-state index < -0.39 is 0 Å². The zero-order chi connectivity index (χ0) is 23.2. The van der Waals surface area contributed by atoms with Crippen molar-refractivity contribution < 1.29 is 0 Å². The van der Waals surface area contributed by atoms with E-state index in [1.165, 1.54) is 22.5 Å². The Hall–Kier alpha value is -4.12. The van der Waals surface area contributed by atoms with E-state index in [0.717, 1.165) is 46.9 Å². The van der Waals surface area contributed by atoms with E-state index in [-0.39, 0.29) is 0 Å². The molecule has 0 fully saturated rings. The quantitative estimate of drug-likeness (QED) is 0.316. The maximum Gasteiger partial charge on any atom is 0.0669 e. The van der Waals surface area contributed by atoms with Gasteiger partial charge in [-0.15, -0.1) is 0 Å². The molecule has 0 unspecified atom stereocenters. The van der Waals surface area contributed by atoms with Gasteiger partial charge in [0.15, 0.2) is 0 Å². The topological polar surface area (TPSA) is 38.9 Å². The van der Waals surface area contributed by atoms with E-state index in [4.69, 9.17) is 5.10 Å². The van der Waals surface area contributed by atoms with Crippen molar-refractivity contribution in [3.8, 4) is 11.4 Å². The molecule has 34 heavy (non-hydrogen) atoms. The summed E-state index contributed by atoms with van der Waals surface area (Å²) in [5, 5.41) is 9.27. The van der Waals surface area contributed by atoms with Gasteiger partial charge in [-0.25, -0.2) is 9.36 Å². The first-order valence-corrected chi connectivity index (χ1v) is 11.7. The molecule has 0 radical (unpaired) electrons. The third-order valence-electron chi connectivity index (χ3n) is 6.52. The lowest BCUT2D eigenvalue weighted by atomic mass is 10.0. The number of anilines is 3. The first-order chi connectivity index (χ1) is 16.6. The Labute approximate surface area is 199 Å². The predicted molar refractivity (Wildman–Crippen MR) is 137 cm³/mol. The van der Waals surface area contributed by atoms with Gasteiger partial charge in [0.2, 0.25) is 0 Å². The molecule has 168 valence electrons. The predicted octanol–water partition coefficient (Wildman–Crippen LogP) is 6.55. The van der Waals surface area contributed by atoms with Gasteiger partial charge < -0.3 is 4.90 Å². The van der Waals surface area contributed by atoms with Crippen molar-refractivity contribution in [3.05, 3.63) is 113 Å². The Balaban J connectivity index is 1.56. The number of aryl methyl sites for hydroxylation is 5. The van der Waals surface area contributed by atoms with Crippen molar-refractivity contribution in [2.24, 2.45) is 0 Å². The summed E-state index contributed by atoms with van der Waals surface area (Å²) in [4.78, 5) is 2.40. The highest BCUT2D eigenvalue weighted by molar-refractivity contribution is 5.83. The molecule has 0 saturated carbocycles. The first kappa shape index (κ1) is 20.5. The largest absolute Gasteiger partial charge is 0.310 e. The van der Waals surface area contributed by atoms with E-state index in [0.29, 0.717) is 0 Å². The normalized spacial score (nSPS) is 12.9. The van der Waals surface area contributed by atoms with E-state index >= 15 is 0 Å². The van der Waals surface area contributed by atoms with E-state index in [1.54, 1.807) is 0 Å². The Morgan fingerprint density at radius 1 is 0.706 bits per heavy atom. The van der Waals surface area contributed by atoms with Crippen LogP contribution in [-0.2, 0) is 12.8 Å². The molecule has 0 amide bonds. The van der Waals surface area contributed by atoms with Crippen LogP contribution in [0.15, 0.2) is 85.2 Å². The molecule has 0 aliphatic carbocycles. The number of hydrogen-bond donors (Lipinski definition) is 0. The molecule has 2 aromatic heterocycles. The monoisotopic (exact) mass is 445 g/mol. The fourth-order valence-electron chi connectivity index (χ4n) is 4.94. The van der Waals surface area contributed by atoms with Crippen molar-refractivity contribution >= 4 is 17.1 Å². The maximum absolute atomic E-state index is 4.72. The summed E-state index contributed by atoms with van der Waals surface area (Å²) in [6.07, 6.45) is 5.98. The third-order valence-corrected chi connectivity index (χ3v) is 6.52. The van der Waals surface area contributed by atoms with Crippen LogP contribution in [0, 0.1) is 20.8 Å². The number of benzene rings is 3. The Bertz CT molecular complexity index is 1510. The molecule has 5 nitrogen and oxygen atoms in total. The zero-order valence-electron chi connectivity index (χ0n) is 19.7. The molecule has 6 rings (SSSR count). The summed E-state index contributed by atoms with van der Waals surface area (Å²) >= 11 is 0. The average Bonchev–Trinajstić information content (AvgIpc) is 3.38. The summed E-state index contributed by atoms with van der Waals surface area (Å²) < 4.78 is 3.98. The van der Waals surface area contributed by atoms with Crippen LogP contribution in [0.5, 0.6) is 0 Å². The standard InChI is InChI=1S/C29H27N5/c1-20-18-30-32(19-20)25-14-13-24-12-11-23-7-4-5-10-28(23)33(29(24)17-25)26-8-6-9-27(16-26)34-22(3)15-21(2)31-34/h4-10,13-19H,11-12H2,1-3H3. The number of fused-ring (bicyclic) bond motifs is 2. The molecule has 0 spiro atoms. The number of nitrogens with zero attached hydrogens (tertiary/aromatic N) is 5. The van der Waals surface area contributed by atoms with Gasteiger partial charge in [-0.2, -0.15) is 10.2 Å². The van der Waals surface area contributed by atoms with Crippen molar-refractivity contribution in [2.45, 2.75) is 33.6 Å². The van der Waals surface area contributed by atoms with Crippen molar-refractivity contribution in [1.82, 2.24) is 19.6 Å². The average molecular weight is 446 g/mol. The second-order valence-electron chi connectivity index (χ2n) is 9.10. The van der Waals surface area contributed by atoms with Crippen molar-refractivity contribution in [3.63, 3.8) is 0 Å². The molecular formula is C29H27N5. The summed E-state index contributed by atoms with van der Waals surface area (Å²) in [5.74, 6) is 0. The van der Waals surface area contributed by atoms with Gasteiger partial charge in [0.1, 0.15) is 0 Å². The minimum Gasteiger partial charge on any atom is -0.310 e. The van der Waals surface area contributed by atoms with Crippen LogP contribution in [0.1, 0.15) is 28.1 Å². The van der Waals surface area contributed by atoms with Crippen LogP contribution in [0.2, 0.25) is 0 Å². The van der Waals surface area contributed by atoms with Gasteiger partial charge in [-0.1, -0.05) is 30.3 Å². The minimum atomic E-state index is 0.998. The maximum atomic E-state index is 4.72. The molecule has 1 aliphatic heterocycles. The highest BCUT2D eigenvalue weighted by atomic mass is 15.3. The second-order valence-corrected chi connectivity index (χ2v) is 9.10. The van der Waals surface area contributed by atoms with Gasteiger partial charge in [0, 0.05) is 23.3 Å². The highest BCUT2D eigenvalue weighted by Gasteiger charge is 2.23. The SMILES string of the molecule is Cc1cnn(-c2ccc3c(c2)N(c2cccc(-n4nc(C)cc4C)c2)c2ccccc2CC3)c1. The fraction of sp³-hybridized carbons (Fsp3) is 0.172. The summed E-state index contributed by atoms with van der Waals surface area (Å²) in [6, 6.07) is 26.2. The number of para-hydroxylation sites is 1. The van der Waals surface area contributed by atoms with E-state index in [2.05, 4.69) is 103 Å². The van der Waals surface area contributed by atoms with Gasteiger partial charge in [-0.05, 0) is 92.8 Å². The van der Waals surface area contributed by atoms with Crippen LogP contribution in [0.25, 0.3) is 11.4 Å². The van der Waals surface area contributed by atoms with Gasteiger partial charge in [-0.3, -0.25) is 0 Å². The number of hydrogen-bond acceptors (Lipinski definition) is 3. The van der Waals surface area contributed by atoms with Gasteiger partial charge >= 0.3 is 0 Å². The van der Waals surface area contributed by atoms with Crippen LogP contribution in [0.4, 0.5) is 17.1 Å². The fourth-order valence-corrected chi connectivity index (χ4v) is 4.94. The molecule has 3 heterocycles. The molecule has 0 atom stereocenters. The van der Waals surface area contributed by atoms with Crippen LogP contribution >= 0.6 is 0 Å². The number of aromatic nitrogens is 4. The molecule has 0 saturated heterocycles. The lowest BCUT2D eigenvalue weighted by molar-refractivity contribution is 0.833.